The summed E-state index contributed by atoms with van der Waals surface area (Å²) in [4.78, 5) is 0.985. The van der Waals surface area contributed by atoms with Gasteiger partial charge in [-0.25, -0.2) is 8.78 Å². The molecule has 4 heteroatoms. The number of rotatable bonds is 4. The van der Waals surface area contributed by atoms with Gasteiger partial charge in [0.05, 0.1) is 6.04 Å². The third-order valence-corrected chi connectivity index (χ3v) is 3.79. The van der Waals surface area contributed by atoms with Crippen LogP contribution in [0.3, 0.4) is 0 Å². The zero-order chi connectivity index (χ0) is 13.1. The molecule has 1 aromatic heterocycles. The predicted molar refractivity (Wildman–Crippen MR) is 70.9 cm³/mol. The summed E-state index contributed by atoms with van der Waals surface area (Å²) in [6.45, 7) is 4.20. The Morgan fingerprint density at radius 3 is 2.61 bits per heavy atom. The van der Waals surface area contributed by atoms with Crippen LogP contribution in [0, 0.1) is 18.6 Å². The first-order chi connectivity index (χ1) is 8.65. The molecule has 0 aliphatic carbocycles. The minimum atomic E-state index is -0.757. The molecule has 96 valence electrons. The fourth-order valence-corrected chi connectivity index (χ4v) is 2.73. The SMILES string of the molecule is CCNC(c1cccs1)c1ccc(C)c(F)c1F. The smallest absolute Gasteiger partial charge is 0.164 e. The van der Waals surface area contributed by atoms with Crippen molar-refractivity contribution in [2.24, 2.45) is 0 Å². The Morgan fingerprint density at radius 1 is 1.22 bits per heavy atom. The van der Waals surface area contributed by atoms with Gasteiger partial charge in [-0.15, -0.1) is 11.3 Å². The molecule has 0 bridgehead atoms. The maximum Gasteiger partial charge on any atom is 0.164 e. The highest BCUT2D eigenvalue weighted by Gasteiger charge is 2.21. The van der Waals surface area contributed by atoms with E-state index in [1.54, 1.807) is 19.1 Å². The Bertz CT molecular complexity index is 523. The van der Waals surface area contributed by atoms with Gasteiger partial charge in [0.1, 0.15) is 0 Å². The molecule has 2 rings (SSSR count). The Labute approximate surface area is 109 Å². The van der Waals surface area contributed by atoms with Gasteiger partial charge in [0, 0.05) is 10.4 Å². The third kappa shape index (κ3) is 2.44. The molecule has 0 amide bonds. The molecule has 1 heterocycles. The first-order valence-corrected chi connectivity index (χ1v) is 6.74. The first kappa shape index (κ1) is 13.2. The number of thiophene rings is 1. The van der Waals surface area contributed by atoms with Crippen molar-refractivity contribution in [1.82, 2.24) is 5.32 Å². The van der Waals surface area contributed by atoms with Gasteiger partial charge in [0.15, 0.2) is 11.6 Å². The second-order valence-electron chi connectivity index (χ2n) is 4.11. The van der Waals surface area contributed by atoms with Crippen LogP contribution in [0.25, 0.3) is 0 Å². The Morgan fingerprint density at radius 2 is 2.00 bits per heavy atom. The zero-order valence-corrected chi connectivity index (χ0v) is 11.2. The maximum atomic E-state index is 14.0. The van der Waals surface area contributed by atoms with Gasteiger partial charge in [-0.2, -0.15) is 0 Å². The van der Waals surface area contributed by atoms with Crippen molar-refractivity contribution in [2.45, 2.75) is 19.9 Å². The van der Waals surface area contributed by atoms with Gasteiger partial charge in [0.2, 0.25) is 0 Å². The summed E-state index contributed by atoms with van der Waals surface area (Å²) in [5.74, 6) is -1.51. The molecule has 0 saturated heterocycles. The molecular weight excluding hydrogens is 252 g/mol. The molecule has 0 saturated carbocycles. The average Bonchev–Trinajstić information content (AvgIpc) is 2.88. The van der Waals surface area contributed by atoms with Gasteiger partial charge in [0.25, 0.3) is 0 Å². The van der Waals surface area contributed by atoms with Crippen LogP contribution in [0.2, 0.25) is 0 Å². The Kier molecular flexibility index (Phi) is 4.09. The number of hydrogen-bond acceptors (Lipinski definition) is 2. The van der Waals surface area contributed by atoms with Crippen molar-refractivity contribution in [3.63, 3.8) is 0 Å². The van der Waals surface area contributed by atoms with E-state index in [0.717, 1.165) is 4.88 Å². The highest BCUT2D eigenvalue weighted by Crippen LogP contribution is 2.29. The predicted octanol–water partition coefficient (Wildman–Crippen LogP) is 4.03. The number of halogens is 2. The number of hydrogen-bond donors (Lipinski definition) is 1. The van der Waals surface area contributed by atoms with E-state index in [4.69, 9.17) is 0 Å². The lowest BCUT2D eigenvalue weighted by atomic mass is 10.0. The highest BCUT2D eigenvalue weighted by atomic mass is 32.1. The van der Waals surface area contributed by atoms with Crippen LogP contribution in [-0.4, -0.2) is 6.54 Å². The highest BCUT2D eigenvalue weighted by molar-refractivity contribution is 7.10. The minimum absolute atomic E-state index is 0.287. The van der Waals surface area contributed by atoms with Gasteiger partial charge in [-0.05, 0) is 30.5 Å². The molecule has 0 radical (unpaired) electrons. The summed E-state index contributed by atoms with van der Waals surface area (Å²) in [5, 5.41) is 5.13. The van der Waals surface area contributed by atoms with Crippen LogP contribution in [0.15, 0.2) is 29.6 Å². The standard InChI is InChI=1S/C14H15F2NS/c1-3-17-14(11-5-4-8-18-11)10-7-6-9(2)12(15)13(10)16/h4-8,14,17H,3H2,1-2H3. The normalized spacial score (nSPS) is 12.7. The van der Waals surface area contributed by atoms with Gasteiger partial charge in [-0.1, -0.05) is 25.1 Å². The maximum absolute atomic E-state index is 14.0. The Balaban J connectivity index is 2.47. The molecule has 1 unspecified atom stereocenters. The molecule has 1 aromatic carbocycles. The molecule has 0 aliphatic rings. The van der Waals surface area contributed by atoms with Crippen LogP contribution < -0.4 is 5.32 Å². The first-order valence-electron chi connectivity index (χ1n) is 5.86. The van der Waals surface area contributed by atoms with Crippen LogP contribution in [-0.2, 0) is 0 Å². The van der Waals surface area contributed by atoms with Crippen molar-refractivity contribution in [1.29, 1.82) is 0 Å². The van der Waals surface area contributed by atoms with E-state index in [1.807, 2.05) is 24.4 Å². The quantitative estimate of drug-likeness (QED) is 0.881. The minimum Gasteiger partial charge on any atom is -0.306 e. The van der Waals surface area contributed by atoms with E-state index in [0.29, 0.717) is 17.7 Å². The summed E-state index contributed by atoms with van der Waals surface area (Å²) in [7, 11) is 0. The van der Waals surface area contributed by atoms with Crippen LogP contribution in [0.1, 0.15) is 29.0 Å². The topological polar surface area (TPSA) is 12.0 Å². The monoisotopic (exact) mass is 267 g/mol. The molecule has 0 aliphatic heterocycles. The van der Waals surface area contributed by atoms with Gasteiger partial charge >= 0.3 is 0 Å². The van der Waals surface area contributed by atoms with Crippen molar-refractivity contribution >= 4 is 11.3 Å². The van der Waals surface area contributed by atoms with E-state index in [2.05, 4.69) is 5.32 Å². The van der Waals surface area contributed by atoms with Gasteiger partial charge < -0.3 is 5.32 Å². The number of nitrogens with one attached hydrogen (secondary N) is 1. The Hall–Kier alpha value is -1.26. The van der Waals surface area contributed by atoms with E-state index < -0.39 is 11.6 Å². The van der Waals surface area contributed by atoms with E-state index >= 15 is 0 Å². The fourth-order valence-electron chi connectivity index (χ4n) is 1.91. The lowest BCUT2D eigenvalue weighted by molar-refractivity contribution is 0.480. The lowest BCUT2D eigenvalue weighted by Crippen LogP contribution is -2.22. The summed E-state index contributed by atoms with van der Waals surface area (Å²) >= 11 is 1.53. The molecular formula is C14H15F2NS. The van der Waals surface area contributed by atoms with Crippen molar-refractivity contribution in [3.05, 3.63) is 57.3 Å². The van der Waals surface area contributed by atoms with E-state index in [9.17, 15) is 8.78 Å². The zero-order valence-electron chi connectivity index (χ0n) is 10.3. The fraction of sp³-hybridized carbons (Fsp3) is 0.286. The molecule has 0 fully saturated rings. The second kappa shape index (κ2) is 5.59. The van der Waals surface area contributed by atoms with Crippen LogP contribution >= 0.6 is 11.3 Å². The number of aryl methyl sites for hydroxylation is 1. The summed E-state index contributed by atoms with van der Waals surface area (Å²) in [6.07, 6.45) is 0. The number of benzene rings is 1. The molecule has 2 aromatic rings. The molecule has 1 atom stereocenters. The molecule has 18 heavy (non-hydrogen) atoms. The third-order valence-electron chi connectivity index (χ3n) is 2.85. The van der Waals surface area contributed by atoms with Gasteiger partial charge in [-0.3, -0.25) is 0 Å². The summed E-state index contributed by atoms with van der Waals surface area (Å²) in [5.41, 5.74) is 0.695. The largest absolute Gasteiger partial charge is 0.306 e. The lowest BCUT2D eigenvalue weighted by Gasteiger charge is -2.18. The molecule has 0 spiro atoms. The summed E-state index contributed by atoms with van der Waals surface area (Å²) < 4.78 is 27.7. The molecule has 1 N–H and O–H groups in total. The van der Waals surface area contributed by atoms with Crippen molar-refractivity contribution in [2.75, 3.05) is 6.54 Å². The average molecular weight is 267 g/mol. The van der Waals surface area contributed by atoms with Crippen molar-refractivity contribution < 1.29 is 8.78 Å². The van der Waals surface area contributed by atoms with E-state index in [1.165, 1.54) is 11.3 Å². The van der Waals surface area contributed by atoms with Crippen LogP contribution in [0.4, 0.5) is 8.78 Å². The van der Waals surface area contributed by atoms with E-state index in [-0.39, 0.29) is 6.04 Å². The molecule has 1 nitrogen and oxygen atoms in total. The van der Waals surface area contributed by atoms with Crippen molar-refractivity contribution in [3.8, 4) is 0 Å². The summed E-state index contributed by atoms with van der Waals surface area (Å²) in [6, 6.07) is 6.82. The second-order valence-corrected chi connectivity index (χ2v) is 5.09. The van der Waals surface area contributed by atoms with Crippen LogP contribution in [0.5, 0.6) is 0 Å².